The number of anilines is 1. The first-order valence-corrected chi connectivity index (χ1v) is 10.7. The van der Waals surface area contributed by atoms with Gasteiger partial charge in [0.15, 0.2) is 5.60 Å². The Morgan fingerprint density at radius 3 is 2.42 bits per heavy atom. The first kappa shape index (κ1) is 19.7. The van der Waals surface area contributed by atoms with Crippen LogP contribution in [0, 0.1) is 0 Å². The van der Waals surface area contributed by atoms with Crippen LogP contribution in [-0.4, -0.2) is 26.0 Å². The van der Waals surface area contributed by atoms with E-state index in [4.69, 9.17) is 0 Å². The normalized spacial score (nSPS) is 17.7. The topological polar surface area (TPSA) is 71.2 Å². The Morgan fingerprint density at radius 1 is 0.968 bits per heavy atom. The molecule has 1 aromatic heterocycles. The van der Waals surface area contributed by atoms with Gasteiger partial charge in [-0.1, -0.05) is 81.8 Å². The molecule has 2 heterocycles. The molecule has 0 radical (unpaired) electrons. The van der Waals surface area contributed by atoms with Gasteiger partial charge in [-0.2, -0.15) is 0 Å². The molecule has 1 atom stereocenters. The fraction of sp³-hybridized carbons (Fsp3) is 0.125. The van der Waals surface area contributed by atoms with E-state index in [1.54, 1.807) is 17.2 Å². The Bertz CT molecular complexity index is 1240. The summed E-state index contributed by atoms with van der Waals surface area (Å²) in [6.45, 7) is 0.351. The molecule has 3 aromatic carbocycles. The largest absolute Gasteiger partial charge is 0.374 e. The van der Waals surface area contributed by atoms with Gasteiger partial charge in [-0.25, -0.2) is 4.68 Å². The lowest BCUT2D eigenvalue weighted by molar-refractivity contribution is -0.138. The Labute approximate surface area is 187 Å². The van der Waals surface area contributed by atoms with Crippen molar-refractivity contribution < 1.29 is 9.90 Å². The number of fused-ring (bicyclic) bond motifs is 1. The average Bonchev–Trinajstić information content (AvgIpc) is 3.33. The Hall–Kier alpha value is -3.29. The van der Waals surface area contributed by atoms with E-state index < -0.39 is 5.60 Å². The highest BCUT2D eigenvalue weighted by Gasteiger charge is 2.50. The number of benzene rings is 3. The van der Waals surface area contributed by atoms with Gasteiger partial charge in [0.1, 0.15) is 5.69 Å². The molecule has 0 saturated heterocycles. The fourth-order valence-corrected chi connectivity index (χ4v) is 4.31. The Kier molecular flexibility index (Phi) is 4.92. The van der Waals surface area contributed by atoms with Gasteiger partial charge in [0.05, 0.1) is 25.0 Å². The molecule has 154 valence electrons. The SMILES string of the molecule is O=C1N(Cc2ccccc2)c2ccc(Br)cc2C1(O)Cn1cc(-c2ccccc2)nn1. The number of rotatable bonds is 5. The number of carbonyl (C=O) groups is 1. The Balaban J connectivity index is 1.50. The third-order valence-electron chi connectivity index (χ3n) is 5.48. The number of halogens is 1. The lowest BCUT2D eigenvalue weighted by Crippen LogP contribution is -2.43. The van der Waals surface area contributed by atoms with Crippen molar-refractivity contribution in [2.24, 2.45) is 0 Å². The zero-order valence-electron chi connectivity index (χ0n) is 16.5. The molecule has 1 N–H and O–H groups in total. The van der Waals surface area contributed by atoms with Crippen LogP contribution in [0.25, 0.3) is 11.3 Å². The predicted molar refractivity (Wildman–Crippen MR) is 121 cm³/mol. The highest BCUT2D eigenvalue weighted by molar-refractivity contribution is 9.10. The minimum absolute atomic E-state index is 0.0274. The second kappa shape index (κ2) is 7.76. The molecule has 1 aliphatic heterocycles. The molecule has 0 fully saturated rings. The van der Waals surface area contributed by atoms with Crippen molar-refractivity contribution in [3.63, 3.8) is 0 Å². The van der Waals surface area contributed by atoms with E-state index in [1.807, 2.05) is 72.8 Å². The van der Waals surface area contributed by atoms with Gasteiger partial charge in [-0.3, -0.25) is 4.79 Å². The highest BCUT2D eigenvalue weighted by Crippen LogP contribution is 2.43. The van der Waals surface area contributed by atoms with Crippen LogP contribution in [0.4, 0.5) is 5.69 Å². The number of aliphatic hydroxyl groups is 1. The highest BCUT2D eigenvalue weighted by atomic mass is 79.9. The molecule has 0 saturated carbocycles. The molecule has 4 aromatic rings. The summed E-state index contributed by atoms with van der Waals surface area (Å²) in [7, 11) is 0. The summed E-state index contributed by atoms with van der Waals surface area (Å²) < 4.78 is 2.32. The lowest BCUT2D eigenvalue weighted by Gasteiger charge is -2.23. The van der Waals surface area contributed by atoms with Gasteiger partial charge in [-0.05, 0) is 23.8 Å². The first-order chi connectivity index (χ1) is 15.0. The molecule has 5 rings (SSSR count). The van der Waals surface area contributed by atoms with Crippen LogP contribution in [0.1, 0.15) is 11.1 Å². The molecule has 31 heavy (non-hydrogen) atoms. The van der Waals surface area contributed by atoms with E-state index in [9.17, 15) is 9.90 Å². The molecule has 0 spiro atoms. The van der Waals surface area contributed by atoms with Gasteiger partial charge in [0.2, 0.25) is 0 Å². The van der Waals surface area contributed by atoms with E-state index in [0.29, 0.717) is 23.5 Å². The number of nitrogens with zero attached hydrogens (tertiary/aromatic N) is 4. The van der Waals surface area contributed by atoms with Crippen molar-refractivity contribution in [1.82, 2.24) is 15.0 Å². The van der Waals surface area contributed by atoms with E-state index in [2.05, 4.69) is 26.2 Å². The van der Waals surface area contributed by atoms with Crippen molar-refractivity contribution in [2.75, 3.05) is 4.90 Å². The molecule has 0 aliphatic carbocycles. The first-order valence-electron chi connectivity index (χ1n) is 9.88. The van der Waals surface area contributed by atoms with E-state index in [-0.39, 0.29) is 12.5 Å². The van der Waals surface area contributed by atoms with Crippen LogP contribution in [0.2, 0.25) is 0 Å². The van der Waals surface area contributed by atoms with Gasteiger partial charge in [-0.15, -0.1) is 5.10 Å². The van der Waals surface area contributed by atoms with Crippen LogP contribution < -0.4 is 4.90 Å². The van der Waals surface area contributed by atoms with Gasteiger partial charge in [0, 0.05) is 15.6 Å². The summed E-state index contributed by atoms with van der Waals surface area (Å²) in [5, 5.41) is 20.0. The van der Waals surface area contributed by atoms with E-state index >= 15 is 0 Å². The number of amides is 1. The maximum absolute atomic E-state index is 13.5. The summed E-state index contributed by atoms with van der Waals surface area (Å²) in [6.07, 6.45) is 1.75. The smallest absolute Gasteiger partial charge is 0.265 e. The van der Waals surface area contributed by atoms with Gasteiger partial charge in [0.25, 0.3) is 5.91 Å². The molecule has 0 bridgehead atoms. The van der Waals surface area contributed by atoms with Crippen LogP contribution in [-0.2, 0) is 23.5 Å². The van der Waals surface area contributed by atoms with Crippen molar-refractivity contribution >= 4 is 27.5 Å². The van der Waals surface area contributed by atoms with E-state index in [1.165, 1.54) is 4.68 Å². The molecule has 7 heteroatoms. The number of hydrogen-bond acceptors (Lipinski definition) is 4. The monoisotopic (exact) mass is 474 g/mol. The molecule has 6 nitrogen and oxygen atoms in total. The second-order valence-electron chi connectivity index (χ2n) is 7.57. The molecule has 1 unspecified atom stereocenters. The number of hydrogen-bond donors (Lipinski definition) is 1. The van der Waals surface area contributed by atoms with E-state index in [0.717, 1.165) is 15.6 Å². The summed E-state index contributed by atoms with van der Waals surface area (Å²) in [4.78, 5) is 15.1. The maximum Gasteiger partial charge on any atom is 0.265 e. The van der Waals surface area contributed by atoms with Crippen molar-refractivity contribution in [3.8, 4) is 11.3 Å². The minimum Gasteiger partial charge on any atom is -0.374 e. The van der Waals surface area contributed by atoms with Crippen LogP contribution in [0.5, 0.6) is 0 Å². The summed E-state index contributed by atoms with van der Waals surface area (Å²) in [6, 6.07) is 24.9. The molecular formula is C24H19BrN4O2. The molecule has 1 amide bonds. The number of aromatic nitrogens is 3. The summed E-state index contributed by atoms with van der Waals surface area (Å²) >= 11 is 3.47. The van der Waals surface area contributed by atoms with Gasteiger partial charge >= 0.3 is 0 Å². The summed E-state index contributed by atoms with van der Waals surface area (Å²) in [5.74, 6) is -0.374. The third kappa shape index (κ3) is 3.56. The fourth-order valence-electron chi connectivity index (χ4n) is 3.95. The average molecular weight is 475 g/mol. The molecule has 1 aliphatic rings. The van der Waals surface area contributed by atoms with Crippen LogP contribution in [0.3, 0.4) is 0 Å². The maximum atomic E-state index is 13.5. The Morgan fingerprint density at radius 2 is 1.68 bits per heavy atom. The minimum atomic E-state index is -1.74. The quantitative estimate of drug-likeness (QED) is 0.471. The third-order valence-corrected chi connectivity index (χ3v) is 5.97. The summed E-state index contributed by atoms with van der Waals surface area (Å²) in [5.41, 5.74) is 2.11. The predicted octanol–water partition coefficient (Wildman–Crippen LogP) is 4.14. The zero-order chi connectivity index (χ0) is 21.4. The van der Waals surface area contributed by atoms with Crippen molar-refractivity contribution in [3.05, 3.63) is 101 Å². The van der Waals surface area contributed by atoms with Crippen LogP contribution in [0.15, 0.2) is 89.5 Å². The zero-order valence-corrected chi connectivity index (χ0v) is 18.1. The number of carbonyl (C=O) groups excluding carboxylic acids is 1. The standard InChI is InChI=1S/C24H19BrN4O2/c25-19-11-12-22-20(13-19)24(31,23(30)29(22)14-17-7-3-1-4-8-17)16-28-15-21(26-27-28)18-9-5-2-6-10-18/h1-13,15,31H,14,16H2. The van der Waals surface area contributed by atoms with Crippen molar-refractivity contribution in [1.29, 1.82) is 0 Å². The lowest BCUT2D eigenvalue weighted by atomic mass is 9.95. The van der Waals surface area contributed by atoms with Crippen molar-refractivity contribution in [2.45, 2.75) is 18.7 Å². The van der Waals surface area contributed by atoms with Crippen LogP contribution >= 0.6 is 15.9 Å². The van der Waals surface area contributed by atoms with Gasteiger partial charge < -0.3 is 10.0 Å². The molecular weight excluding hydrogens is 456 g/mol. The second-order valence-corrected chi connectivity index (χ2v) is 8.48.